The molecule has 0 bridgehead atoms. The van der Waals surface area contributed by atoms with Crippen LogP contribution in [0.2, 0.25) is 0 Å². The molecule has 0 saturated carbocycles. The lowest BCUT2D eigenvalue weighted by molar-refractivity contribution is 0.517. The van der Waals surface area contributed by atoms with Crippen LogP contribution in [0.3, 0.4) is 0 Å². The molecule has 2 aromatic rings. The zero-order valence-electron chi connectivity index (χ0n) is 12.4. The molecule has 0 spiro atoms. The van der Waals surface area contributed by atoms with Crippen molar-refractivity contribution in [3.8, 4) is 0 Å². The molecule has 0 fully saturated rings. The number of aromatic nitrogens is 1. The van der Waals surface area contributed by atoms with Crippen molar-refractivity contribution < 1.29 is 0 Å². The van der Waals surface area contributed by atoms with Crippen LogP contribution < -0.4 is 5.73 Å². The minimum absolute atomic E-state index is 0.213. The Morgan fingerprint density at radius 2 is 1.95 bits per heavy atom. The second-order valence-corrected chi connectivity index (χ2v) is 6.08. The van der Waals surface area contributed by atoms with Gasteiger partial charge in [-0.2, -0.15) is 0 Å². The molecule has 0 aliphatic carbocycles. The van der Waals surface area contributed by atoms with Crippen molar-refractivity contribution in [2.45, 2.75) is 52.6 Å². The van der Waals surface area contributed by atoms with Gasteiger partial charge < -0.3 is 10.3 Å². The van der Waals surface area contributed by atoms with Gasteiger partial charge in [0, 0.05) is 18.8 Å². The number of rotatable bonds is 6. The second-order valence-electron chi connectivity index (χ2n) is 6.08. The van der Waals surface area contributed by atoms with Gasteiger partial charge in [-0.3, -0.25) is 0 Å². The molecule has 1 atom stereocenters. The summed E-state index contributed by atoms with van der Waals surface area (Å²) in [7, 11) is 0. The zero-order valence-corrected chi connectivity index (χ0v) is 12.4. The number of para-hydroxylation sites is 1. The summed E-state index contributed by atoms with van der Waals surface area (Å²) >= 11 is 0. The minimum atomic E-state index is 0.213. The number of fused-ring (bicyclic) bond motifs is 1. The highest BCUT2D eigenvalue weighted by Gasteiger charge is 2.08. The third kappa shape index (κ3) is 3.60. The lowest BCUT2D eigenvalue weighted by Crippen LogP contribution is -2.18. The molecule has 2 nitrogen and oxygen atoms in total. The Morgan fingerprint density at radius 3 is 2.63 bits per heavy atom. The number of aryl methyl sites for hydroxylation is 1. The van der Waals surface area contributed by atoms with E-state index in [-0.39, 0.29) is 6.04 Å². The monoisotopic (exact) mass is 258 g/mol. The van der Waals surface area contributed by atoms with Crippen molar-refractivity contribution in [3.05, 3.63) is 36.0 Å². The van der Waals surface area contributed by atoms with E-state index in [1.165, 1.54) is 29.3 Å². The molecule has 0 radical (unpaired) electrons. The summed E-state index contributed by atoms with van der Waals surface area (Å²) in [5.74, 6) is 0.783. The summed E-state index contributed by atoms with van der Waals surface area (Å²) in [5.41, 5.74) is 8.72. The van der Waals surface area contributed by atoms with Gasteiger partial charge in [0.15, 0.2) is 0 Å². The third-order valence-corrected chi connectivity index (χ3v) is 3.59. The van der Waals surface area contributed by atoms with E-state index in [1.807, 2.05) is 0 Å². The first-order chi connectivity index (χ1) is 9.08. The fourth-order valence-electron chi connectivity index (χ4n) is 2.71. The Morgan fingerprint density at radius 1 is 1.16 bits per heavy atom. The topological polar surface area (TPSA) is 30.9 Å². The molecular formula is C17H26N2. The van der Waals surface area contributed by atoms with Crippen molar-refractivity contribution in [1.29, 1.82) is 0 Å². The van der Waals surface area contributed by atoms with Gasteiger partial charge in [-0.1, -0.05) is 32.0 Å². The maximum Gasteiger partial charge on any atom is 0.0513 e. The average molecular weight is 258 g/mol. The maximum absolute atomic E-state index is 5.96. The number of hydrogen-bond acceptors (Lipinski definition) is 1. The molecule has 0 aliphatic rings. The third-order valence-electron chi connectivity index (χ3n) is 3.59. The Kier molecular flexibility index (Phi) is 4.65. The van der Waals surface area contributed by atoms with E-state index in [2.05, 4.69) is 55.8 Å². The predicted octanol–water partition coefficient (Wildman–Crippen LogP) is 3.97. The number of hydrogen-bond donors (Lipinski definition) is 1. The Bertz CT molecular complexity index is 523. The summed E-state index contributed by atoms with van der Waals surface area (Å²) in [6.45, 7) is 7.76. The summed E-state index contributed by atoms with van der Waals surface area (Å²) in [5, 5.41) is 1.34. The molecule has 2 N–H and O–H groups in total. The Balaban J connectivity index is 2.23. The van der Waals surface area contributed by atoms with Crippen LogP contribution in [0.5, 0.6) is 0 Å². The fraction of sp³-hybridized carbons (Fsp3) is 0.529. The van der Waals surface area contributed by atoms with Crippen LogP contribution in [0.15, 0.2) is 30.5 Å². The van der Waals surface area contributed by atoms with E-state index in [4.69, 9.17) is 5.73 Å². The molecule has 1 aromatic carbocycles. The SMILES string of the molecule is CC(C)CCCn1ccc2cccc(CC(C)N)c21. The summed E-state index contributed by atoms with van der Waals surface area (Å²) in [6.07, 6.45) is 5.70. The first kappa shape index (κ1) is 14.1. The van der Waals surface area contributed by atoms with Crippen LogP contribution >= 0.6 is 0 Å². The summed E-state index contributed by atoms with van der Waals surface area (Å²) < 4.78 is 2.40. The van der Waals surface area contributed by atoms with Crippen LogP contribution in [0.25, 0.3) is 10.9 Å². The van der Waals surface area contributed by atoms with Gasteiger partial charge in [-0.15, -0.1) is 0 Å². The molecule has 0 aliphatic heterocycles. The van der Waals surface area contributed by atoms with Crippen molar-refractivity contribution in [3.63, 3.8) is 0 Å². The first-order valence-corrected chi connectivity index (χ1v) is 7.40. The lowest BCUT2D eigenvalue weighted by Gasteiger charge is -2.12. The van der Waals surface area contributed by atoms with Crippen molar-refractivity contribution in [1.82, 2.24) is 4.57 Å². The van der Waals surface area contributed by atoms with E-state index in [0.717, 1.165) is 18.9 Å². The summed E-state index contributed by atoms with van der Waals surface area (Å²) in [6, 6.07) is 8.97. The highest BCUT2D eigenvalue weighted by atomic mass is 15.0. The predicted molar refractivity (Wildman–Crippen MR) is 83.4 cm³/mol. The molecule has 0 amide bonds. The zero-order chi connectivity index (χ0) is 13.8. The highest BCUT2D eigenvalue weighted by molar-refractivity contribution is 5.83. The van der Waals surface area contributed by atoms with Gasteiger partial charge in [0.25, 0.3) is 0 Å². The van der Waals surface area contributed by atoms with Gasteiger partial charge in [0.05, 0.1) is 5.52 Å². The van der Waals surface area contributed by atoms with E-state index in [9.17, 15) is 0 Å². The molecule has 104 valence electrons. The van der Waals surface area contributed by atoms with E-state index >= 15 is 0 Å². The van der Waals surface area contributed by atoms with Crippen molar-refractivity contribution in [2.75, 3.05) is 0 Å². The Hall–Kier alpha value is -1.28. The highest BCUT2D eigenvalue weighted by Crippen LogP contribution is 2.22. The lowest BCUT2D eigenvalue weighted by atomic mass is 10.0. The minimum Gasteiger partial charge on any atom is -0.347 e. The molecule has 2 heteroatoms. The van der Waals surface area contributed by atoms with Crippen LogP contribution in [-0.4, -0.2) is 10.6 Å². The molecular weight excluding hydrogens is 232 g/mol. The molecule has 1 aromatic heterocycles. The van der Waals surface area contributed by atoms with Gasteiger partial charge in [-0.25, -0.2) is 0 Å². The normalized spacial score (nSPS) is 13.3. The van der Waals surface area contributed by atoms with Crippen LogP contribution in [-0.2, 0) is 13.0 Å². The first-order valence-electron chi connectivity index (χ1n) is 7.40. The number of benzene rings is 1. The van der Waals surface area contributed by atoms with Gasteiger partial charge in [-0.05, 0) is 49.1 Å². The molecule has 19 heavy (non-hydrogen) atoms. The molecule has 1 heterocycles. The van der Waals surface area contributed by atoms with Crippen molar-refractivity contribution >= 4 is 10.9 Å². The van der Waals surface area contributed by atoms with Crippen LogP contribution in [0.1, 0.15) is 39.2 Å². The van der Waals surface area contributed by atoms with Gasteiger partial charge >= 0.3 is 0 Å². The second kappa shape index (κ2) is 6.25. The average Bonchev–Trinajstić information content (AvgIpc) is 2.72. The number of nitrogens with two attached hydrogens (primary N) is 1. The van der Waals surface area contributed by atoms with E-state index in [0.29, 0.717) is 0 Å². The van der Waals surface area contributed by atoms with Crippen LogP contribution in [0, 0.1) is 5.92 Å². The van der Waals surface area contributed by atoms with E-state index < -0.39 is 0 Å². The largest absolute Gasteiger partial charge is 0.347 e. The fourth-order valence-corrected chi connectivity index (χ4v) is 2.71. The van der Waals surface area contributed by atoms with Gasteiger partial charge in [0.1, 0.15) is 0 Å². The molecule has 1 unspecified atom stereocenters. The smallest absolute Gasteiger partial charge is 0.0513 e. The summed E-state index contributed by atoms with van der Waals surface area (Å²) in [4.78, 5) is 0. The Labute approximate surface area is 116 Å². The standard InChI is InChI=1S/C17H26N2/c1-13(2)6-5-10-19-11-9-15-7-4-8-16(17(15)19)12-14(3)18/h4,7-9,11,13-14H,5-6,10,12,18H2,1-3H3. The van der Waals surface area contributed by atoms with Crippen LogP contribution in [0.4, 0.5) is 0 Å². The molecule has 0 saturated heterocycles. The van der Waals surface area contributed by atoms with Gasteiger partial charge in [0.2, 0.25) is 0 Å². The maximum atomic E-state index is 5.96. The quantitative estimate of drug-likeness (QED) is 0.835. The van der Waals surface area contributed by atoms with Crippen molar-refractivity contribution in [2.24, 2.45) is 11.7 Å². The van der Waals surface area contributed by atoms with E-state index in [1.54, 1.807) is 0 Å². The number of nitrogens with zero attached hydrogens (tertiary/aromatic N) is 1. The molecule has 2 rings (SSSR count).